The topological polar surface area (TPSA) is 59.4 Å². The van der Waals surface area contributed by atoms with Gasteiger partial charge in [0.15, 0.2) is 5.11 Å². The fourth-order valence-corrected chi connectivity index (χ4v) is 5.29. The third-order valence-electron chi connectivity index (χ3n) is 6.47. The van der Waals surface area contributed by atoms with Gasteiger partial charge in [0.25, 0.3) is 0 Å². The Morgan fingerprint density at radius 3 is 2.43 bits per heavy atom. The number of aromatic nitrogens is 2. The van der Waals surface area contributed by atoms with Crippen molar-refractivity contribution in [3.05, 3.63) is 113 Å². The third-order valence-corrected chi connectivity index (χ3v) is 6.79. The van der Waals surface area contributed by atoms with Crippen molar-refractivity contribution in [2.45, 2.75) is 25.9 Å². The maximum Gasteiger partial charge on any atom is 0.339 e. The van der Waals surface area contributed by atoms with Crippen molar-refractivity contribution in [3.63, 3.8) is 0 Å². The number of hydrogen-bond acceptors (Lipinski definition) is 4. The number of hydrogen-bond donors (Lipinski definition) is 1. The molecule has 2 aromatic heterocycles. The van der Waals surface area contributed by atoms with E-state index in [-0.39, 0.29) is 18.1 Å². The molecular formula is C28H26N4O2S. The highest BCUT2D eigenvalue weighted by molar-refractivity contribution is 7.80. The monoisotopic (exact) mass is 482 g/mol. The minimum absolute atomic E-state index is 0.134. The van der Waals surface area contributed by atoms with Gasteiger partial charge in [-0.2, -0.15) is 0 Å². The summed E-state index contributed by atoms with van der Waals surface area (Å²) in [6, 6.07) is 25.5. The van der Waals surface area contributed by atoms with E-state index in [1.54, 1.807) is 12.3 Å². The second-order valence-corrected chi connectivity index (χ2v) is 8.89. The molecule has 0 bridgehead atoms. The van der Waals surface area contributed by atoms with Crippen LogP contribution in [0.15, 0.2) is 85.1 Å². The largest absolute Gasteiger partial charge is 0.465 e. The maximum absolute atomic E-state index is 12.5. The summed E-state index contributed by atoms with van der Waals surface area (Å²) in [6.45, 7) is 4.13. The first kappa shape index (κ1) is 22.8. The standard InChI is InChI=1S/C28H26N4O2S/c1-18-17-22(19(2)31(18)24-15-8-7-13-21(24)27(33)34-3)26-25(23-14-9-10-16-29-23)30-28(35)32(26)20-11-5-4-6-12-20/h4-17,25-26H,1-3H3,(H,30,35)/t25-,26-/m1/s1. The second-order valence-electron chi connectivity index (χ2n) is 8.50. The number of pyridine rings is 1. The number of esters is 1. The second kappa shape index (κ2) is 9.35. The zero-order chi connectivity index (χ0) is 24.5. The quantitative estimate of drug-likeness (QED) is 0.301. The van der Waals surface area contributed by atoms with Crippen LogP contribution < -0.4 is 10.2 Å². The number of methoxy groups -OCH3 is 1. The van der Waals surface area contributed by atoms with E-state index in [0.29, 0.717) is 10.7 Å². The van der Waals surface area contributed by atoms with Gasteiger partial charge in [-0.1, -0.05) is 36.4 Å². The van der Waals surface area contributed by atoms with Gasteiger partial charge >= 0.3 is 5.97 Å². The van der Waals surface area contributed by atoms with Crippen molar-refractivity contribution < 1.29 is 9.53 Å². The first-order valence-electron chi connectivity index (χ1n) is 11.4. The molecule has 2 atom stereocenters. The average molecular weight is 483 g/mol. The van der Waals surface area contributed by atoms with E-state index in [2.05, 4.69) is 44.9 Å². The Bertz CT molecular complexity index is 1380. The fraction of sp³-hybridized carbons (Fsp3) is 0.179. The molecule has 1 aliphatic rings. The van der Waals surface area contributed by atoms with Gasteiger partial charge in [-0.3, -0.25) is 4.98 Å². The number of rotatable bonds is 5. The SMILES string of the molecule is COC(=O)c1ccccc1-n1c(C)cc([C@@H]2[C@@H](c3ccccn3)NC(=S)N2c2ccccc2)c1C. The molecule has 0 radical (unpaired) electrons. The number of nitrogens with zero attached hydrogens (tertiary/aromatic N) is 3. The Kier molecular flexibility index (Phi) is 6.09. The summed E-state index contributed by atoms with van der Waals surface area (Å²) in [7, 11) is 1.40. The Hall–Kier alpha value is -3.97. The highest BCUT2D eigenvalue weighted by Gasteiger charge is 2.42. The van der Waals surface area contributed by atoms with E-state index >= 15 is 0 Å². The van der Waals surface area contributed by atoms with Crippen LogP contribution in [0.25, 0.3) is 5.69 Å². The molecule has 0 unspecified atom stereocenters. The average Bonchev–Trinajstić information content (AvgIpc) is 3.39. The van der Waals surface area contributed by atoms with Crippen molar-refractivity contribution in [1.82, 2.24) is 14.9 Å². The van der Waals surface area contributed by atoms with Gasteiger partial charge in [0, 0.05) is 23.3 Å². The summed E-state index contributed by atoms with van der Waals surface area (Å²) in [4.78, 5) is 19.3. The predicted octanol–water partition coefficient (Wildman–Crippen LogP) is 5.45. The van der Waals surface area contributed by atoms with E-state index in [1.807, 2.05) is 61.5 Å². The van der Waals surface area contributed by atoms with Gasteiger partial charge in [0.2, 0.25) is 0 Å². The number of carbonyl (C=O) groups excluding carboxylic acids is 1. The van der Waals surface area contributed by atoms with E-state index in [9.17, 15) is 4.79 Å². The number of benzene rings is 2. The van der Waals surface area contributed by atoms with Crippen molar-refractivity contribution in [3.8, 4) is 5.69 Å². The van der Waals surface area contributed by atoms with Crippen LogP contribution in [0.3, 0.4) is 0 Å². The van der Waals surface area contributed by atoms with Gasteiger partial charge in [0.05, 0.1) is 36.1 Å². The molecule has 6 nitrogen and oxygen atoms in total. The molecule has 1 fully saturated rings. The minimum Gasteiger partial charge on any atom is -0.465 e. The highest BCUT2D eigenvalue weighted by Crippen LogP contribution is 2.43. The predicted molar refractivity (Wildman–Crippen MR) is 141 cm³/mol. The van der Waals surface area contributed by atoms with E-state index in [1.165, 1.54) is 7.11 Å². The molecule has 176 valence electrons. The minimum atomic E-state index is -0.365. The van der Waals surface area contributed by atoms with Gasteiger partial charge in [-0.25, -0.2) is 4.79 Å². The fourth-order valence-electron chi connectivity index (χ4n) is 4.95. The van der Waals surface area contributed by atoms with Crippen LogP contribution in [0.1, 0.15) is 45.1 Å². The smallest absolute Gasteiger partial charge is 0.339 e. The molecule has 7 heteroatoms. The summed E-state index contributed by atoms with van der Waals surface area (Å²) in [5, 5.41) is 4.16. The normalized spacial score (nSPS) is 17.3. The van der Waals surface area contributed by atoms with Gasteiger partial charge in [-0.05, 0) is 74.1 Å². The summed E-state index contributed by atoms with van der Waals surface area (Å²) < 4.78 is 7.17. The van der Waals surface area contributed by atoms with Crippen LogP contribution >= 0.6 is 12.2 Å². The molecule has 35 heavy (non-hydrogen) atoms. The van der Waals surface area contributed by atoms with E-state index < -0.39 is 0 Å². The highest BCUT2D eigenvalue weighted by atomic mass is 32.1. The van der Waals surface area contributed by atoms with Gasteiger partial charge < -0.3 is 19.5 Å². The molecule has 5 rings (SSSR count). The number of aryl methyl sites for hydroxylation is 1. The van der Waals surface area contributed by atoms with E-state index in [0.717, 1.165) is 34.0 Å². The Balaban J connectivity index is 1.69. The van der Waals surface area contributed by atoms with Crippen LogP contribution in [0.4, 0.5) is 5.69 Å². The Morgan fingerprint density at radius 1 is 1.00 bits per heavy atom. The molecule has 3 heterocycles. The third kappa shape index (κ3) is 3.98. The molecule has 0 aliphatic carbocycles. The zero-order valence-corrected chi connectivity index (χ0v) is 20.6. The number of anilines is 1. The number of nitrogens with one attached hydrogen (secondary N) is 1. The lowest BCUT2D eigenvalue weighted by Gasteiger charge is -2.28. The molecule has 1 saturated heterocycles. The van der Waals surface area contributed by atoms with Crippen molar-refractivity contribution >= 4 is 29.0 Å². The summed E-state index contributed by atoms with van der Waals surface area (Å²) >= 11 is 5.84. The van der Waals surface area contributed by atoms with Crippen molar-refractivity contribution in [2.24, 2.45) is 0 Å². The molecule has 1 N–H and O–H groups in total. The summed E-state index contributed by atoms with van der Waals surface area (Å²) in [5.41, 5.74) is 6.37. The molecular weight excluding hydrogens is 456 g/mol. The number of thiocarbonyl (C=S) groups is 1. The molecule has 4 aromatic rings. The Labute approximate surface area is 210 Å². The number of para-hydroxylation sites is 2. The van der Waals surface area contributed by atoms with Crippen LogP contribution in [0.2, 0.25) is 0 Å². The lowest BCUT2D eigenvalue weighted by atomic mass is 9.96. The molecule has 0 amide bonds. The van der Waals surface area contributed by atoms with Crippen LogP contribution in [0.5, 0.6) is 0 Å². The summed E-state index contributed by atoms with van der Waals surface area (Å²) in [5.74, 6) is -0.365. The Morgan fingerprint density at radius 2 is 1.71 bits per heavy atom. The zero-order valence-electron chi connectivity index (χ0n) is 19.8. The van der Waals surface area contributed by atoms with Crippen LogP contribution in [-0.2, 0) is 4.74 Å². The molecule has 0 saturated carbocycles. The van der Waals surface area contributed by atoms with Crippen LogP contribution in [-0.4, -0.2) is 27.7 Å². The lowest BCUT2D eigenvalue weighted by molar-refractivity contribution is 0.0600. The van der Waals surface area contributed by atoms with Crippen LogP contribution in [0, 0.1) is 13.8 Å². The molecule has 1 aliphatic heterocycles. The first-order valence-corrected chi connectivity index (χ1v) is 11.8. The lowest BCUT2D eigenvalue weighted by Crippen LogP contribution is -2.29. The first-order chi connectivity index (χ1) is 17.0. The maximum atomic E-state index is 12.5. The molecule has 0 spiro atoms. The van der Waals surface area contributed by atoms with E-state index in [4.69, 9.17) is 17.0 Å². The summed E-state index contributed by atoms with van der Waals surface area (Å²) in [6.07, 6.45) is 1.80. The number of ether oxygens (including phenoxy) is 1. The van der Waals surface area contributed by atoms with Gasteiger partial charge in [-0.15, -0.1) is 0 Å². The number of carbonyl (C=O) groups is 1. The van der Waals surface area contributed by atoms with Crippen molar-refractivity contribution in [2.75, 3.05) is 12.0 Å². The molecule has 2 aromatic carbocycles. The van der Waals surface area contributed by atoms with Crippen molar-refractivity contribution in [1.29, 1.82) is 0 Å². The van der Waals surface area contributed by atoms with Gasteiger partial charge in [0.1, 0.15) is 0 Å².